The number of aliphatic hydroxyl groups excluding tert-OH is 2. The maximum atomic E-state index is 10.6. The third kappa shape index (κ3) is 6.00. The molecule has 138 valence electrons. The summed E-state index contributed by atoms with van der Waals surface area (Å²) in [4.78, 5) is 2.18. The van der Waals surface area contributed by atoms with Crippen LogP contribution in [-0.4, -0.2) is 52.7 Å². The molecule has 1 fully saturated rings. The molecular formula is C19H39NO3. The Kier molecular flexibility index (Phi) is 9.67. The van der Waals surface area contributed by atoms with Gasteiger partial charge in [-0.15, -0.1) is 0 Å². The summed E-state index contributed by atoms with van der Waals surface area (Å²) in [6, 6.07) is 0.343. The molecule has 4 nitrogen and oxygen atoms in total. The van der Waals surface area contributed by atoms with Crippen LogP contribution < -0.4 is 0 Å². The number of rotatable bonds is 12. The van der Waals surface area contributed by atoms with Crippen molar-refractivity contribution in [2.75, 3.05) is 13.7 Å². The smallest absolute Gasteiger partial charge is 0.150 e. The lowest BCUT2D eigenvalue weighted by Crippen LogP contribution is -2.57. The third-order valence-corrected chi connectivity index (χ3v) is 5.38. The Morgan fingerprint density at radius 1 is 1.09 bits per heavy atom. The maximum Gasteiger partial charge on any atom is 0.150 e. The first-order valence-electron chi connectivity index (χ1n) is 9.71. The lowest BCUT2D eigenvalue weighted by molar-refractivity contribution is -0.205. The normalized spacial score (nSPS) is 29.3. The quantitative estimate of drug-likeness (QED) is 0.423. The van der Waals surface area contributed by atoms with Gasteiger partial charge in [0.2, 0.25) is 0 Å². The minimum absolute atomic E-state index is 0.343. The first-order valence-corrected chi connectivity index (χ1v) is 9.71. The van der Waals surface area contributed by atoms with Crippen molar-refractivity contribution < 1.29 is 14.9 Å². The highest BCUT2D eigenvalue weighted by molar-refractivity contribution is 4.98. The van der Waals surface area contributed by atoms with Gasteiger partial charge in [0.15, 0.2) is 0 Å². The number of ether oxygens (including phenoxy) is 1. The lowest BCUT2D eigenvalue weighted by Gasteiger charge is -2.44. The Morgan fingerprint density at radius 3 is 2.30 bits per heavy atom. The van der Waals surface area contributed by atoms with Crippen LogP contribution in [0.15, 0.2) is 0 Å². The SMILES string of the molecule is CCCCCCCO[C@@]1(N(C)C(C)CCCC)C[C@@H](O)C[C@H]1O. The highest BCUT2D eigenvalue weighted by Gasteiger charge is 2.51. The molecule has 4 atom stereocenters. The Bertz CT molecular complexity index is 313. The topological polar surface area (TPSA) is 52.9 Å². The molecule has 0 aliphatic heterocycles. The molecule has 0 heterocycles. The molecule has 0 amide bonds. The van der Waals surface area contributed by atoms with Crippen molar-refractivity contribution in [3.63, 3.8) is 0 Å². The van der Waals surface area contributed by atoms with E-state index < -0.39 is 17.9 Å². The van der Waals surface area contributed by atoms with E-state index in [9.17, 15) is 10.2 Å². The largest absolute Gasteiger partial charge is 0.393 e. The van der Waals surface area contributed by atoms with E-state index in [4.69, 9.17) is 4.74 Å². The van der Waals surface area contributed by atoms with Crippen LogP contribution in [0.4, 0.5) is 0 Å². The molecule has 0 aromatic heterocycles. The molecule has 0 aromatic carbocycles. The van der Waals surface area contributed by atoms with Gasteiger partial charge in [-0.25, -0.2) is 0 Å². The van der Waals surface area contributed by atoms with Gasteiger partial charge in [0.25, 0.3) is 0 Å². The van der Waals surface area contributed by atoms with Crippen LogP contribution in [0.25, 0.3) is 0 Å². The van der Waals surface area contributed by atoms with Crippen LogP contribution in [0.5, 0.6) is 0 Å². The van der Waals surface area contributed by atoms with Gasteiger partial charge in [-0.3, -0.25) is 4.90 Å². The molecule has 0 spiro atoms. The lowest BCUT2D eigenvalue weighted by atomic mass is 10.0. The summed E-state index contributed by atoms with van der Waals surface area (Å²) in [5.74, 6) is 0. The predicted octanol–water partition coefficient (Wildman–Crippen LogP) is 3.70. The van der Waals surface area contributed by atoms with Crippen molar-refractivity contribution in [3.8, 4) is 0 Å². The summed E-state index contributed by atoms with van der Waals surface area (Å²) in [6.45, 7) is 7.27. The van der Waals surface area contributed by atoms with E-state index in [1.54, 1.807) is 0 Å². The van der Waals surface area contributed by atoms with E-state index in [0.29, 0.717) is 25.5 Å². The standard InChI is InChI=1S/C19H39NO3/c1-5-7-9-10-11-13-23-19(15-17(21)14-18(19)22)20(4)16(3)12-8-6-2/h16-18,21-22H,5-15H2,1-4H3/t16?,17-,18+,19-/m0/s1. The molecule has 0 radical (unpaired) electrons. The van der Waals surface area contributed by atoms with E-state index in [2.05, 4.69) is 25.7 Å². The van der Waals surface area contributed by atoms with E-state index >= 15 is 0 Å². The molecule has 23 heavy (non-hydrogen) atoms. The first-order chi connectivity index (χ1) is 11.0. The number of aliphatic hydroxyl groups is 2. The van der Waals surface area contributed by atoms with Crippen molar-refractivity contribution >= 4 is 0 Å². The van der Waals surface area contributed by atoms with Gasteiger partial charge in [-0.05, 0) is 26.8 Å². The summed E-state index contributed by atoms with van der Waals surface area (Å²) < 4.78 is 6.23. The van der Waals surface area contributed by atoms with Gasteiger partial charge in [0.05, 0.1) is 12.2 Å². The fourth-order valence-corrected chi connectivity index (χ4v) is 3.66. The predicted molar refractivity (Wildman–Crippen MR) is 95.4 cm³/mol. The van der Waals surface area contributed by atoms with E-state index in [1.807, 2.05) is 7.05 Å². The van der Waals surface area contributed by atoms with E-state index in [1.165, 1.54) is 38.5 Å². The number of unbranched alkanes of at least 4 members (excludes halogenated alkanes) is 5. The van der Waals surface area contributed by atoms with Gasteiger partial charge in [-0.2, -0.15) is 0 Å². The summed E-state index contributed by atoms with van der Waals surface area (Å²) >= 11 is 0. The number of nitrogens with zero attached hydrogens (tertiary/aromatic N) is 1. The molecule has 1 aliphatic carbocycles. The zero-order chi connectivity index (χ0) is 17.3. The Balaban J connectivity index is 2.60. The van der Waals surface area contributed by atoms with Crippen LogP contribution in [0.1, 0.15) is 85.0 Å². The van der Waals surface area contributed by atoms with Crippen molar-refractivity contribution in [1.29, 1.82) is 0 Å². The third-order valence-electron chi connectivity index (χ3n) is 5.38. The molecule has 1 saturated carbocycles. The van der Waals surface area contributed by atoms with Crippen molar-refractivity contribution in [2.24, 2.45) is 0 Å². The van der Waals surface area contributed by atoms with Crippen LogP contribution in [0, 0.1) is 0 Å². The van der Waals surface area contributed by atoms with Crippen LogP contribution in [0.2, 0.25) is 0 Å². The molecule has 4 heteroatoms. The molecule has 0 bridgehead atoms. The summed E-state index contributed by atoms with van der Waals surface area (Å²) in [6.07, 6.45) is 9.28. The fraction of sp³-hybridized carbons (Fsp3) is 1.00. The minimum atomic E-state index is -0.711. The van der Waals surface area contributed by atoms with Gasteiger partial charge in [0, 0.05) is 25.5 Å². The monoisotopic (exact) mass is 329 g/mol. The first kappa shape index (κ1) is 20.9. The second-order valence-electron chi connectivity index (χ2n) is 7.32. The van der Waals surface area contributed by atoms with Crippen molar-refractivity contribution in [2.45, 2.75) is 109 Å². The molecular weight excluding hydrogens is 290 g/mol. The number of hydrogen-bond acceptors (Lipinski definition) is 4. The number of hydrogen-bond donors (Lipinski definition) is 2. The number of likely N-dealkylation sites (N-methyl/N-ethyl adjacent to an activating group) is 1. The summed E-state index contributed by atoms with van der Waals surface area (Å²) in [7, 11) is 2.04. The molecule has 1 rings (SSSR count). The van der Waals surface area contributed by atoms with Gasteiger partial charge < -0.3 is 14.9 Å². The van der Waals surface area contributed by atoms with E-state index in [-0.39, 0.29) is 0 Å². The minimum Gasteiger partial charge on any atom is -0.393 e. The van der Waals surface area contributed by atoms with Crippen LogP contribution in [0.3, 0.4) is 0 Å². The summed E-state index contributed by atoms with van der Waals surface area (Å²) in [5.41, 5.74) is -0.711. The molecule has 0 aromatic rings. The average molecular weight is 330 g/mol. The molecule has 1 aliphatic rings. The van der Waals surface area contributed by atoms with Gasteiger partial charge in [0.1, 0.15) is 5.72 Å². The van der Waals surface area contributed by atoms with Crippen LogP contribution >= 0.6 is 0 Å². The van der Waals surface area contributed by atoms with Crippen molar-refractivity contribution in [1.82, 2.24) is 4.90 Å². The second-order valence-corrected chi connectivity index (χ2v) is 7.32. The second kappa shape index (κ2) is 10.7. The zero-order valence-corrected chi connectivity index (χ0v) is 15.8. The van der Waals surface area contributed by atoms with E-state index in [0.717, 1.165) is 12.8 Å². The van der Waals surface area contributed by atoms with Gasteiger partial charge in [-0.1, -0.05) is 52.4 Å². The average Bonchev–Trinajstić information content (AvgIpc) is 2.82. The molecule has 1 unspecified atom stereocenters. The Morgan fingerprint density at radius 2 is 1.74 bits per heavy atom. The molecule has 0 saturated heterocycles. The maximum absolute atomic E-state index is 10.6. The molecule has 2 N–H and O–H groups in total. The Hall–Kier alpha value is -0.160. The van der Waals surface area contributed by atoms with Gasteiger partial charge >= 0.3 is 0 Å². The highest BCUT2D eigenvalue weighted by atomic mass is 16.5. The van der Waals surface area contributed by atoms with Crippen LogP contribution in [-0.2, 0) is 4.74 Å². The highest BCUT2D eigenvalue weighted by Crippen LogP contribution is 2.38. The fourth-order valence-electron chi connectivity index (χ4n) is 3.66. The Labute approximate surface area is 143 Å². The zero-order valence-electron chi connectivity index (χ0n) is 15.8. The summed E-state index contributed by atoms with van der Waals surface area (Å²) in [5, 5.41) is 20.6. The van der Waals surface area contributed by atoms with Crippen molar-refractivity contribution in [3.05, 3.63) is 0 Å².